The summed E-state index contributed by atoms with van der Waals surface area (Å²) in [7, 11) is -3.09. The van der Waals surface area contributed by atoms with E-state index >= 15 is 0 Å². The van der Waals surface area contributed by atoms with E-state index < -0.39 is 10.0 Å². The third-order valence-electron chi connectivity index (χ3n) is 3.34. The molecule has 1 aromatic heterocycles. The first kappa shape index (κ1) is 15.2. The molecule has 1 saturated heterocycles. The van der Waals surface area contributed by atoms with Crippen LogP contribution in [0.25, 0.3) is 0 Å². The van der Waals surface area contributed by atoms with Gasteiger partial charge in [0.15, 0.2) is 0 Å². The molecule has 2 heterocycles. The summed E-state index contributed by atoms with van der Waals surface area (Å²) in [6.45, 7) is 8.57. The third-order valence-corrected chi connectivity index (χ3v) is 4.65. The molecule has 0 N–H and O–H groups in total. The van der Waals surface area contributed by atoms with Gasteiger partial charge in [0.2, 0.25) is 10.0 Å². The summed E-state index contributed by atoms with van der Waals surface area (Å²) in [5.74, 6) is 1.68. The minimum absolute atomic E-state index is 0.0927. The average molecular weight is 298 g/mol. The van der Waals surface area contributed by atoms with Crippen molar-refractivity contribution in [1.82, 2.24) is 14.3 Å². The van der Waals surface area contributed by atoms with Crippen LogP contribution in [0.1, 0.15) is 26.6 Å². The molecule has 0 amide bonds. The molecule has 0 saturated carbocycles. The van der Waals surface area contributed by atoms with Gasteiger partial charge in [0.05, 0.1) is 6.26 Å². The van der Waals surface area contributed by atoms with E-state index in [1.165, 1.54) is 10.6 Å². The van der Waals surface area contributed by atoms with Crippen molar-refractivity contribution in [3.05, 3.63) is 18.1 Å². The molecule has 0 bridgehead atoms. The lowest BCUT2D eigenvalue weighted by atomic mass is 9.96. The topological polar surface area (TPSA) is 66.4 Å². The lowest BCUT2D eigenvalue weighted by molar-refractivity contribution is 0.386. The largest absolute Gasteiger partial charge is 0.354 e. The van der Waals surface area contributed by atoms with Crippen molar-refractivity contribution < 1.29 is 8.42 Å². The predicted octanol–water partition coefficient (Wildman–Crippen LogP) is 0.856. The fraction of sp³-hybridized carbons (Fsp3) is 0.692. The molecule has 7 heteroatoms. The molecule has 0 aromatic carbocycles. The highest BCUT2D eigenvalue weighted by atomic mass is 32.2. The highest BCUT2D eigenvalue weighted by molar-refractivity contribution is 7.88. The molecular weight excluding hydrogens is 276 g/mol. The fourth-order valence-corrected chi connectivity index (χ4v) is 2.96. The Hall–Kier alpha value is -1.21. The molecule has 0 radical (unpaired) electrons. The van der Waals surface area contributed by atoms with E-state index in [9.17, 15) is 8.42 Å². The summed E-state index contributed by atoms with van der Waals surface area (Å²) in [6, 6.07) is 1.88. The van der Waals surface area contributed by atoms with Crippen LogP contribution in [-0.2, 0) is 15.4 Å². The van der Waals surface area contributed by atoms with E-state index in [2.05, 4.69) is 35.6 Å². The maximum absolute atomic E-state index is 11.5. The Morgan fingerprint density at radius 2 is 1.75 bits per heavy atom. The van der Waals surface area contributed by atoms with Gasteiger partial charge in [-0.3, -0.25) is 0 Å². The van der Waals surface area contributed by atoms with Gasteiger partial charge in [-0.15, -0.1) is 0 Å². The Bertz CT molecular complexity index is 572. The lowest BCUT2D eigenvalue weighted by Gasteiger charge is -2.34. The van der Waals surface area contributed by atoms with Gasteiger partial charge in [-0.1, -0.05) is 20.8 Å². The lowest BCUT2D eigenvalue weighted by Crippen LogP contribution is -2.48. The van der Waals surface area contributed by atoms with Gasteiger partial charge >= 0.3 is 0 Å². The third kappa shape index (κ3) is 3.46. The second-order valence-corrected chi connectivity index (χ2v) is 8.12. The number of piperazine rings is 1. The molecule has 112 valence electrons. The molecule has 0 spiro atoms. The molecule has 0 unspecified atom stereocenters. The molecule has 1 fully saturated rings. The molecule has 0 atom stereocenters. The van der Waals surface area contributed by atoms with Crippen molar-refractivity contribution >= 4 is 15.8 Å². The molecular formula is C13H22N4O2S. The molecule has 20 heavy (non-hydrogen) atoms. The van der Waals surface area contributed by atoms with Crippen molar-refractivity contribution in [2.75, 3.05) is 37.3 Å². The van der Waals surface area contributed by atoms with Crippen LogP contribution >= 0.6 is 0 Å². The highest BCUT2D eigenvalue weighted by Crippen LogP contribution is 2.21. The average Bonchev–Trinajstić information content (AvgIpc) is 2.37. The van der Waals surface area contributed by atoms with E-state index in [0.717, 1.165) is 11.6 Å². The van der Waals surface area contributed by atoms with Crippen molar-refractivity contribution in [1.29, 1.82) is 0 Å². The first-order valence-corrected chi connectivity index (χ1v) is 8.56. The van der Waals surface area contributed by atoms with Gasteiger partial charge in [0.25, 0.3) is 0 Å². The summed E-state index contributed by atoms with van der Waals surface area (Å²) in [4.78, 5) is 11.0. The van der Waals surface area contributed by atoms with E-state index in [4.69, 9.17) is 0 Å². The maximum atomic E-state index is 11.5. The zero-order chi connectivity index (χ0) is 15.0. The maximum Gasteiger partial charge on any atom is 0.211 e. The SMILES string of the molecule is CC(C)(C)c1nccc(N2CCN(S(C)(=O)=O)CC2)n1. The minimum Gasteiger partial charge on any atom is -0.354 e. The summed E-state index contributed by atoms with van der Waals surface area (Å²) in [6.07, 6.45) is 3.02. The number of anilines is 1. The van der Waals surface area contributed by atoms with Gasteiger partial charge in [0, 0.05) is 37.8 Å². The Kier molecular flexibility index (Phi) is 4.02. The van der Waals surface area contributed by atoms with Crippen LogP contribution < -0.4 is 4.90 Å². The summed E-state index contributed by atoms with van der Waals surface area (Å²) >= 11 is 0. The summed E-state index contributed by atoms with van der Waals surface area (Å²) < 4.78 is 24.5. The van der Waals surface area contributed by atoms with Gasteiger partial charge in [-0.25, -0.2) is 18.4 Å². The number of sulfonamides is 1. The van der Waals surface area contributed by atoms with E-state index in [0.29, 0.717) is 26.2 Å². The monoisotopic (exact) mass is 298 g/mol. The predicted molar refractivity (Wildman–Crippen MR) is 79.4 cm³/mol. The number of nitrogens with zero attached hydrogens (tertiary/aromatic N) is 4. The van der Waals surface area contributed by atoms with E-state index in [-0.39, 0.29) is 5.41 Å². The van der Waals surface area contributed by atoms with Crippen LogP contribution in [-0.4, -0.2) is 55.1 Å². The van der Waals surface area contributed by atoms with Gasteiger partial charge < -0.3 is 4.90 Å². The smallest absolute Gasteiger partial charge is 0.211 e. The molecule has 2 rings (SSSR count). The number of rotatable bonds is 2. The number of aromatic nitrogens is 2. The van der Waals surface area contributed by atoms with Crippen LogP contribution in [0.2, 0.25) is 0 Å². The summed E-state index contributed by atoms with van der Waals surface area (Å²) in [5, 5.41) is 0. The van der Waals surface area contributed by atoms with Crippen LogP contribution in [0.4, 0.5) is 5.82 Å². The number of hydrogen-bond acceptors (Lipinski definition) is 5. The zero-order valence-corrected chi connectivity index (χ0v) is 13.3. The van der Waals surface area contributed by atoms with Crippen LogP contribution in [0.3, 0.4) is 0 Å². The molecule has 1 aromatic rings. The van der Waals surface area contributed by atoms with Crippen molar-refractivity contribution in [2.45, 2.75) is 26.2 Å². The first-order chi connectivity index (χ1) is 9.18. The standard InChI is InChI=1S/C13H22N4O2S/c1-13(2,3)12-14-6-5-11(15-12)16-7-9-17(10-8-16)20(4,18)19/h5-6H,7-10H2,1-4H3. The van der Waals surface area contributed by atoms with Gasteiger partial charge in [-0.05, 0) is 6.07 Å². The summed E-state index contributed by atoms with van der Waals surface area (Å²) in [5.41, 5.74) is -0.0927. The van der Waals surface area contributed by atoms with Crippen molar-refractivity contribution in [3.63, 3.8) is 0 Å². The van der Waals surface area contributed by atoms with Gasteiger partial charge in [0.1, 0.15) is 11.6 Å². The normalized spacial score (nSPS) is 18.3. The number of hydrogen-bond donors (Lipinski definition) is 0. The van der Waals surface area contributed by atoms with Crippen molar-refractivity contribution in [2.24, 2.45) is 0 Å². The highest BCUT2D eigenvalue weighted by Gasteiger charge is 2.25. The molecule has 1 aliphatic heterocycles. The molecule has 6 nitrogen and oxygen atoms in total. The van der Waals surface area contributed by atoms with E-state index in [1.807, 2.05) is 6.07 Å². The Morgan fingerprint density at radius 3 is 2.25 bits per heavy atom. The van der Waals surface area contributed by atoms with Crippen LogP contribution in [0, 0.1) is 0 Å². The van der Waals surface area contributed by atoms with Crippen molar-refractivity contribution in [3.8, 4) is 0 Å². The molecule has 0 aliphatic carbocycles. The second kappa shape index (κ2) is 5.29. The second-order valence-electron chi connectivity index (χ2n) is 6.14. The minimum atomic E-state index is -3.09. The van der Waals surface area contributed by atoms with Gasteiger partial charge in [-0.2, -0.15) is 4.31 Å². The Labute approximate surface area is 120 Å². The first-order valence-electron chi connectivity index (χ1n) is 6.71. The fourth-order valence-electron chi connectivity index (χ4n) is 2.14. The van der Waals surface area contributed by atoms with E-state index in [1.54, 1.807) is 6.20 Å². The van der Waals surface area contributed by atoms with Crippen LogP contribution in [0.5, 0.6) is 0 Å². The zero-order valence-electron chi connectivity index (χ0n) is 12.5. The Morgan fingerprint density at radius 1 is 1.15 bits per heavy atom. The Balaban J connectivity index is 2.12. The van der Waals surface area contributed by atoms with Crippen LogP contribution in [0.15, 0.2) is 12.3 Å². The quantitative estimate of drug-likeness (QED) is 0.810. The molecule has 1 aliphatic rings.